The van der Waals surface area contributed by atoms with Crippen LogP contribution in [0.2, 0.25) is 0 Å². The zero-order valence-electron chi connectivity index (χ0n) is 14.0. The van der Waals surface area contributed by atoms with Gasteiger partial charge in [-0.1, -0.05) is 0 Å². The predicted molar refractivity (Wildman–Crippen MR) is 96.8 cm³/mol. The highest BCUT2D eigenvalue weighted by molar-refractivity contribution is 5.80. The number of nitrogens with two attached hydrogens (primary N) is 1. The van der Waals surface area contributed by atoms with E-state index in [4.69, 9.17) is 15.2 Å². The van der Waals surface area contributed by atoms with Crippen molar-refractivity contribution in [3.63, 3.8) is 0 Å². The van der Waals surface area contributed by atoms with Gasteiger partial charge in [0, 0.05) is 17.8 Å². The maximum atomic E-state index is 13.8. The number of nitrogen functional groups attached to an aromatic ring is 1. The van der Waals surface area contributed by atoms with Crippen LogP contribution in [0.5, 0.6) is 11.5 Å². The molecule has 2 heterocycles. The smallest absolute Gasteiger partial charge is 0.163 e. The summed E-state index contributed by atoms with van der Waals surface area (Å²) in [5.74, 6) is 0.512. The zero-order valence-corrected chi connectivity index (χ0v) is 14.0. The number of nitrogens with one attached hydrogen (secondary N) is 2. The molecule has 0 bridgehead atoms. The van der Waals surface area contributed by atoms with Gasteiger partial charge < -0.3 is 25.8 Å². The SMILES string of the molecule is Nc1c(Nc2ccc3c(c2)OCCO3)ncnc1Nc1cc(F)ccc1F. The van der Waals surface area contributed by atoms with Crippen LogP contribution in [0.4, 0.5) is 37.5 Å². The summed E-state index contributed by atoms with van der Waals surface area (Å²) in [7, 11) is 0. The summed E-state index contributed by atoms with van der Waals surface area (Å²) in [6, 6.07) is 8.38. The van der Waals surface area contributed by atoms with Crippen LogP contribution >= 0.6 is 0 Å². The van der Waals surface area contributed by atoms with Gasteiger partial charge in [0.1, 0.15) is 36.9 Å². The lowest BCUT2D eigenvalue weighted by molar-refractivity contribution is 0.171. The minimum Gasteiger partial charge on any atom is -0.486 e. The Hall–Kier alpha value is -3.62. The van der Waals surface area contributed by atoms with Crippen molar-refractivity contribution >= 4 is 28.7 Å². The molecule has 1 aliphatic heterocycles. The average Bonchev–Trinajstić information content (AvgIpc) is 2.68. The van der Waals surface area contributed by atoms with E-state index in [1.807, 2.05) is 0 Å². The molecular formula is C18H15F2N5O2. The molecule has 0 spiro atoms. The van der Waals surface area contributed by atoms with Gasteiger partial charge in [-0.05, 0) is 24.3 Å². The molecule has 7 nitrogen and oxygen atoms in total. The summed E-state index contributed by atoms with van der Waals surface area (Å²) in [4.78, 5) is 8.10. The van der Waals surface area contributed by atoms with Gasteiger partial charge in [-0.3, -0.25) is 0 Å². The van der Waals surface area contributed by atoms with E-state index in [0.717, 1.165) is 18.2 Å². The number of rotatable bonds is 4. The van der Waals surface area contributed by atoms with E-state index in [2.05, 4.69) is 20.6 Å². The van der Waals surface area contributed by atoms with Crippen molar-refractivity contribution < 1.29 is 18.3 Å². The Morgan fingerprint density at radius 1 is 0.889 bits per heavy atom. The molecule has 9 heteroatoms. The van der Waals surface area contributed by atoms with E-state index < -0.39 is 11.6 Å². The van der Waals surface area contributed by atoms with Gasteiger partial charge in [-0.25, -0.2) is 18.7 Å². The fraction of sp³-hybridized carbons (Fsp3) is 0.111. The Morgan fingerprint density at radius 2 is 1.63 bits per heavy atom. The normalized spacial score (nSPS) is 12.5. The molecule has 0 saturated carbocycles. The van der Waals surface area contributed by atoms with Gasteiger partial charge in [0.25, 0.3) is 0 Å². The molecule has 1 aliphatic rings. The topological polar surface area (TPSA) is 94.3 Å². The summed E-state index contributed by atoms with van der Waals surface area (Å²) in [5, 5.41) is 5.74. The minimum absolute atomic E-state index is 0.0781. The quantitative estimate of drug-likeness (QED) is 0.645. The summed E-state index contributed by atoms with van der Waals surface area (Å²) < 4.78 is 38.2. The number of ether oxygens (including phenoxy) is 2. The second-order valence-electron chi connectivity index (χ2n) is 5.72. The number of anilines is 5. The van der Waals surface area contributed by atoms with Crippen molar-refractivity contribution in [2.45, 2.75) is 0 Å². The van der Waals surface area contributed by atoms with E-state index in [1.165, 1.54) is 6.33 Å². The largest absolute Gasteiger partial charge is 0.486 e. The first-order valence-corrected chi connectivity index (χ1v) is 8.09. The number of benzene rings is 2. The van der Waals surface area contributed by atoms with Gasteiger partial charge in [-0.15, -0.1) is 0 Å². The lowest BCUT2D eigenvalue weighted by atomic mass is 10.2. The van der Waals surface area contributed by atoms with Crippen LogP contribution in [0.1, 0.15) is 0 Å². The Balaban J connectivity index is 1.59. The summed E-state index contributed by atoms with van der Waals surface area (Å²) in [6.07, 6.45) is 1.26. The van der Waals surface area contributed by atoms with E-state index >= 15 is 0 Å². The summed E-state index contributed by atoms with van der Waals surface area (Å²) in [6.45, 7) is 0.976. The van der Waals surface area contributed by atoms with E-state index in [0.29, 0.717) is 36.2 Å². The lowest BCUT2D eigenvalue weighted by Gasteiger charge is -2.19. The molecule has 1 aromatic heterocycles. The number of hydrogen-bond donors (Lipinski definition) is 3. The van der Waals surface area contributed by atoms with E-state index in [-0.39, 0.29) is 17.2 Å². The van der Waals surface area contributed by atoms with E-state index in [1.54, 1.807) is 18.2 Å². The van der Waals surface area contributed by atoms with Crippen LogP contribution in [0.25, 0.3) is 0 Å². The number of fused-ring (bicyclic) bond motifs is 1. The molecule has 0 unspecified atom stereocenters. The van der Waals surface area contributed by atoms with Gasteiger partial charge in [0.15, 0.2) is 23.1 Å². The van der Waals surface area contributed by atoms with Crippen LogP contribution < -0.4 is 25.8 Å². The molecule has 0 atom stereocenters. The Labute approximate surface area is 153 Å². The number of halogens is 2. The third-order valence-electron chi connectivity index (χ3n) is 3.87. The van der Waals surface area contributed by atoms with Crippen molar-refractivity contribution in [3.8, 4) is 11.5 Å². The molecular weight excluding hydrogens is 356 g/mol. The van der Waals surface area contributed by atoms with Crippen molar-refractivity contribution in [2.75, 3.05) is 29.6 Å². The summed E-state index contributed by atoms with van der Waals surface area (Å²) >= 11 is 0. The molecule has 27 heavy (non-hydrogen) atoms. The highest BCUT2D eigenvalue weighted by atomic mass is 19.1. The molecule has 0 fully saturated rings. The molecule has 0 amide bonds. The summed E-state index contributed by atoms with van der Waals surface area (Å²) in [5.41, 5.74) is 6.83. The maximum Gasteiger partial charge on any atom is 0.163 e. The Bertz CT molecular complexity index is 999. The number of nitrogens with zero attached hydrogens (tertiary/aromatic N) is 2. The van der Waals surface area contributed by atoms with Gasteiger partial charge in [0.2, 0.25) is 0 Å². The molecule has 0 aliphatic carbocycles. The van der Waals surface area contributed by atoms with Crippen LogP contribution in [-0.4, -0.2) is 23.2 Å². The minimum atomic E-state index is -0.629. The molecule has 4 rings (SSSR count). The Morgan fingerprint density at radius 3 is 2.44 bits per heavy atom. The third kappa shape index (κ3) is 3.52. The van der Waals surface area contributed by atoms with Gasteiger partial charge in [0.05, 0.1) is 5.69 Å². The second kappa shape index (κ2) is 6.94. The monoisotopic (exact) mass is 371 g/mol. The number of hydrogen-bond acceptors (Lipinski definition) is 7. The fourth-order valence-electron chi connectivity index (χ4n) is 2.57. The van der Waals surface area contributed by atoms with Gasteiger partial charge >= 0.3 is 0 Å². The van der Waals surface area contributed by atoms with Crippen molar-refractivity contribution in [3.05, 3.63) is 54.4 Å². The zero-order chi connectivity index (χ0) is 18.8. The molecule has 3 aromatic rings. The molecule has 138 valence electrons. The van der Waals surface area contributed by atoms with Crippen LogP contribution in [0.3, 0.4) is 0 Å². The van der Waals surface area contributed by atoms with Crippen LogP contribution in [-0.2, 0) is 0 Å². The highest BCUT2D eigenvalue weighted by Gasteiger charge is 2.14. The highest BCUT2D eigenvalue weighted by Crippen LogP contribution is 2.35. The Kier molecular flexibility index (Phi) is 4.33. The van der Waals surface area contributed by atoms with Crippen molar-refractivity contribution in [1.82, 2.24) is 9.97 Å². The van der Waals surface area contributed by atoms with Crippen molar-refractivity contribution in [1.29, 1.82) is 0 Å². The predicted octanol–water partition coefficient (Wildman–Crippen LogP) is 3.60. The molecule has 0 saturated heterocycles. The van der Waals surface area contributed by atoms with Gasteiger partial charge in [-0.2, -0.15) is 0 Å². The average molecular weight is 371 g/mol. The van der Waals surface area contributed by atoms with Crippen LogP contribution in [0, 0.1) is 11.6 Å². The van der Waals surface area contributed by atoms with E-state index in [9.17, 15) is 8.78 Å². The first-order valence-electron chi connectivity index (χ1n) is 8.09. The lowest BCUT2D eigenvalue weighted by Crippen LogP contribution is -2.15. The molecule has 2 aromatic carbocycles. The van der Waals surface area contributed by atoms with Crippen molar-refractivity contribution in [2.24, 2.45) is 0 Å². The fourth-order valence-corrected chi connectivity index (χ4v) is 2.57. The first kappa shape index (κ1) is 16.8. The molecule has 0 radical (unpaired) electrons. The molecule has 4 N–H and O–H groups in total. The second-order valence-corrected chi connectivity index (χ2v) is 5.72. The number of aromatic nitrogens is 2. The third-order valence-corrected chi connectivity index (χ3v) is 3.87. The van der Waals surface area contributed by atoms with Crippen LogP contribution in [0.15, 0.2) is 42.7 Å². The maximum absolute atomic E-state index is 13.8. The standard InChI is InChI=1S/C18H15F2N5O2/c19-10-1-3-12(20)13(7-10)25-18-16(21)17(22-9-23-18)24-11-2-4-14-15(8-11)27-6-5-26-14/h1-4,7-9H,5-6,21H2,(H2,22,23,24,25). The first-order chi connectivity index (χ1) is 13.1.